The summed E-state index contributed by atoms with van der Waals surface area (Å²) in [6, 6.07) is 15.9. The van der Waals surface area contributed by atoms with Gasteiger partial charge in [-0.3, -0.25) is 0 Å². The zero-order valence-corrected chi connectivity index (χ0v) is 10.5. The summed E-state index contributed by atoms with van der Waals surface area (Å²) in [5, 5.41) is 1.00. The van der Waals surface area contributed by atoms with Crippen LogP contribution in [0.5, 0.6) is 0 Å². The number of carbonyl (C=O) groups excluding carboxylic acids is 1. The molecule has 1 N–H and O–H groups in total. The molecule has 0 atom stereocenters. The van der Waals surface area contributed by atoms with Gasteiger partial charge in [0, 0.05) is 11.6 Å². The van der Waals surface area contributed by atoms with Crippen LogP contribution in [0.15, 0.2) is 54.7 Å². The molecule has 0 fully saturated rings. The van der Waals surface area contributed by atoms with Crippen molar-refractivity contribution < 1.29 is 9.53 Å². The number of H-pyrrole nitrogens is 1. The number of aromatic amines is 1. The van der Waals surface area contributed by atoms with Gasteiger partial charge in [-0.25, -0.2) is 4.79 Å². The van der Waals surface area contributed by atoms with Crippen LogP contribution in [0, 0.1) is 0 Å². The molecule has 0 amide bonds. The fraction of sp³-hybridized carbons (Fsp3) is 0.0625. The second kappa shape index (κ2) is 4.61. The van der Waals surface area contributed by atoms with E-state index >= 15 is 0 Å². The van der Waals surface area contributed by atoms with Crippen LogP contribution in [-0.4, -0.2) is 18.1 Å². The number of methoxy groups -OCH3 is 1. The van der Waals surface area contributed by atoms with E-state index in [9.17, 15) is 4.79 Å². The minimum Gasteiger partial charge on any atom is -0.465 e. The average molecular weight is 251 g/mol. The Morgan fingerprint density at radius 2 is 1.84 bits per heavy atom. The SMILES string of the molecule is COC(=O)c1cc(-c2ccccc2)cc2cc[nH]c12. The second-order valence-electron chi connectivity index (χ2n) is 4.32. The van der Waals surface area contributed by atoms with Gasteiger partial charge in [0.05, 0.1) is 18.2 Å². The van der Waals surface area contributed by atoms with Crippen LogP contribution in [-0.2, 0) is 4.74 Å². The van der Waals surface area contributed by atoms with E-state index in [1.54, 1.807) is 0 Å². The van der Waals surface area contributed by atoms with Crippen LogP contribution in [0.25, 0.3) is 22.0 Å². The number of nitrogens with one attached hydrogen (secondary N) is 1. The first-order valence-electron chi connectivity index (χ1n) is 6.04. The number of rotatable bonds is 2. The third-order valence-electron chi connectivity index (χ3n) is 3.17. The highest BCUT2D eigenvalue weighted by molar-refractivity contribution is 6.05. The lowest BCUT2D eigenvalue weighted by molar-refractivity contribution is 0.0603. The molecule has 19 heavy (non-hydrogen) atoms. The zero-order chi connectivity index (χ0) is 13.2. The summed E-state index contributed by atoms with van der Waals surface area (Å²) in [6.07, 6.45) is 1.83. The molecule has 0 aliphatic heterocycles. The Kier molecular flexibility index (Phi) is 2.80. The molecule has 3 heteroatoms. The molecule has 3 rings (SSSR count). The maximum absolute atomic E-state index is 11.9. The predicted molar refractivity (Wildman–Crippen MR) is 75.1 cm³/mol. The maximum Gasteiger partial charge on any atom is 0.340 e. The van der Waals surface area contributed by atoms with Crippen LogP contribution in [0.4, 0.5) is 0 Å². The van der Waals surface area contributed by atoms with E-state index in [0.717, 1.165) is 22.0 Å². The van der Waals surface area contributed by atoms with Crippen LogP contribution in [0.2, 0.25) is 0 Å². The normalized spacial score (nSPS) is 10.6. The summed E-state index contributed by atoms with van der Waals surface area (Å²) in [5.74, 6) is -0.328. The minimum absolute atomic E-state index is 0.328. The molecule has 0 saturated heterocycles. The molecule has 3 aromatic rings. The van der Waals surface area contributed by atoms with E-state index < -0.39 is 0 Å². The molecule has 1 heterocycles. The largest absolute Gasteiger partial charge is 0.465 e. The van der Waals surface area contributed by atoms with Gasteiger partial charge < -0.3 is 9.72 Å². The summed E-state index contributed by atoms with van der Waals surface area (Å²) in [4.78, 5) is 14.9. The van der Waals surface area contributed by atoms with Crippen molar-refractivity contribution in [3.8, 4) is 11.1 Å². The molecule has 0 aliphatic rings. The summed E-state index contributed by atoms with van der Waals surface area (Å²) in [5.41, 5.74) is 3.46. The molecule has 3 nitrogen and oxygen atoms in total. The number of ether oxygens (including phenoxy) is 1. The molecule has 0 bridgehead atoms. The molecule has 0 spiro atoms. The Bertz CT molecular complexity index is 729. The van der Waals surface area contributed by atoms with Crippen LogP contribution in [0.1, 0.15) is 10.4 Å². The van der Waals surface area contributed by atoms with Gasteiger partial charge in [-0.2, -0.15) is 0 Å². The highest BCUT2D eigenvalue weighted by atomic mass is 16.5. The highest BCUT2D eigenvalue weighted by Gasteiger charge is 2.13. The van der Waals surface area contributed by atoms with Crippen molar-refractivity contribution in [1.29, 1.82) is 0 Å². The van der Waals surface area contributed by atoms with Crippen molar-refractivity contribution in [1.82, 2.24) is 4.98 Å². The first-order chi connectivity index (χ1) is 9.29. The highest BCUT2D eigenvalue weighted by Crippen LogP contribution is 2.27. The lowest BCUT2D eigenvalue weighted by atomic mass is 10.0. The molecular weight excluding hydrogens is 238 g/mol. The number of hydrogen-bond acceptors (Lipinski definition) is 2. The van der Waals surface area contributed by atoms with E-state index in [4.69, 9.17) is 4.74 Å². The van der Waals surface area contributed by atoms with Gasteiger partial charge in [-0.05, 0) is 29.3 Å². The predicted octanol–water partition coefficient (Wildman–Crippen LogP) is 3.62. The smallest absolute Gasteiger partial charge is 0.340 e. The van der Waals surface area contributed by atoms with E-state index in [0.29, 0.717) is 5.56 Å². The summed E-state index contributed by atoms with van der Waals surface area (Å²) >= 11 is 0. The Morgan fingerprint density at radius 3 is 2.58 bits per heavy atom. The average Bonchev–Trinajstić information content (AvgIpc) is 2.94. The molecule has 0 aliphatic carbocycles. The number of hydrogen-bond donors (Lipinski definition) is 1. The van der Waals surface area contributed by atoms with Gasteiger partial charge in [-0.15, -0.1) is 0 Å². The van der Waals surface area contributed by atoms with Crippen molar-refractivity contribution >= 4 is 16.9 Å². The van der Waals surface area contributed by atoms with Crippen LogP contribution < -0.4 is 0 Å². The van der Waals surface area contributed by atoms with Crippen molar-refractivity contribution in [2.24, 2.45) is 0 Å². The molecular formula is C16H13NO2. The lowest BCUT2D eigenvalue weighted by Crippen LogP contribution is -2.02. The third-order valence-corrected chi connectivity index (χ3v) is 3.17. The number of benzene rings is 2. The quantitative estimate of drug-likeness (QED) is 0.707. The second-order valence-corrected chi connectivity index (χ2v) is 4.32. The topological polar surface area (TPSA) is 42.1 Å². The summed E-state index contributed by atoms with van der Waals surface area (Å²) < 4.78 is 4.85. The first-order valence-corrected chi connectivity index (χ1v) is 6.04. The standard InChI is InChI=1S/C16H13NO2/c1-19-16(18)14-10-13(11-5-3-2-4-6-11)9-12-7-8-17-15(12)14/h2-10,17H,1H3. The molecule has 0 saturated carbocycles. The Balaban J connectivity index is 2.25. The van der Waals surface area contributed by atoms with E-state index in [1.165, 1.54) is 7.11 Å². The van der Waals surface area contributed by atoms with Crippen molar-refractivity contribution in [2.45, 2.75) is 0 Å². The van der Waals surface area contributed by atoms with Gasteiger partial charge in [0.25, 0.3) is 0 Å². The lowest BCUT2D eigenvalue weighted by Gasteiger charge is -2.06. The molecule has 1 aromatic heterocycles. The fourth-order valence-electron chi connectivity index (χ4n) is 2.24. The van der Waals surface area contributed by atoms with E-state index in [1.807, 2.05) is 48.7 Å². The zero-order valence-electron chi connectivity index (χ0n) is 10.5. The van der Waals surface area contributed by atoms with Crippen LogP contribution in [0.3, 0.4) is 0 Å². The molecule has 0 radical (unpaired) electrons. The minimum atomic E-state index is -0.328. The summed E-state index contributed by atoms with van der Waals surface area (Å²) in [6.45, 7) is 0. The molecule has 0 unspecified atom stereocenters. The first kappa shape index (κ1) is 11.5. The van der Waals surface area contributed by atoms with Crippen molar-refractivity contribution in [3.05, 3.63) is 60.3 Å². The number of esters is 1. The van der Waals surface area contributed by atoms with Gasteiger partial charge in [0.15, 0.2) is 0 Å². The maximum atomic E-state index is 11.9. The Morgan fingerprint density at radius 1 is 1.05 bits per heavy atom. The van der Waals surface area contributed by atoms with Gasteiger partial charge in [0.1, 0.15) is 0 Å². The number of aromatic nitrogens is 1. The Labute approximate surface area is 110 Å². The van der Waals surface area contributed by atoms with Gasteiger partial charge in [-0.1, -0.05) is 30.3 Å². The van der Waals surface area contributed by atoms with Gasteiger partial charge >= 0.3 is 5.97 Å². The van der Waals surface area contributed by atoms with Gasteiger partial charge in [0.2, 0.25) is 0 Å². The van der Waals surface area contributed by atoms with E-state index in [-0.39, 0.29) is 5.97 Å². The molecule has 94 valence electrons. The Hall–Kier alpha value is -2.55. The summed E-state index contributed by atoms with van der Waals surface area (Å²) in [7, 11) is 1.40. The van der Waals surface area contributed by atoms with Crippen LogP contribution >= 0.6 is 0 Å². The van der Waals surface area contributed by atoms with E-state index in [2.05, 4.69) is 11.1 Å². The number of carbonyl (C=O) groups is 1. The third kappa shape index (κ3) is 1.99. The van der Waals surface area contributed by atoms with Crippen molar-refractivity contribution in [2.75, 3.05) is 7.11 Å². The monoisotopic (exact) mass is 251 g/mol. The van der Waals surface area contributed by atoms with Crippen molar-refractivity contribution in [3.63, 3.8) is 0 Å². The molecule has 2 aromatic carbocycles. The fourth-order valence-corrected chi connectivity index (χ4v) is 2.24. The number of fused-ring (bicyclic) bond motifs is 1.